The third-order valence-electron chi connectivity index (χ3n) is 2.65. The van der Waals surface area contributed by atoms with Crippen LogP contribution < -0.4 is 4.31 Å². The second kappa shape index (κ2) is 4.92. The Balaban J connectivity index is 2.45. The van der Waals surface area contributed by atoms with Gasteiger partial charge in [-0.3, -0.25) is 4.31 Å². The third-order valence-corrected chi connectivity index (χ3v) is 5.75. The van der Waals surface area contributed by atoms with Crippen LogP contribution in [0.25, 0.3) is 0 Å². The predicted octanol–water partition coefficient (Wildman–Crippen LogP) is 1.53. The lowest BCUT2D eigenvalue weighted by Gasteiger charge is -2.27. The second-order valence-electron chi connectivity index (χ2n) is 4.26. The molecule has 1 aromatic rings. The number of sulfone groups is 1. The topological polar surface area (TPSA) is 71.5 Å². The van der Waals surface area contributed by atoms with Crippen LogP contribution in [0.3, 0.4) is 0 Å². The summed E-state index contributed by atoms with van der Waals surface area (Å²) in [4.78, 5) is 0. The molecule has 1 aliphatic heterocycles. The number of hydrogen-bond acceptors (Lipinski definition) is 4. The maximum Gasteiger partial charge on any atom is 0.232 e. The van der Waals surface area contributed by atoms with E-state index in [1.807, 2.05) is 0 Å². The Kier molecular flexibility index (Phi) is 3.76. The molecule has 1 atom stereocenters. The van der Waals surface area contributed by atoms with E-state index in [0.29, 0.717) is 5.69 Å². The molecule has 0 aromatic heterocycles. The van der Waals surface area contributed by atoms with Crippen LogP contribution in [0.4, 0.5) is 5.69 Å². The normalized spacial score (nSPS) is 21.5. The van der Waals surface area contributed by atoms with Gasteiger partial charge in [0.25, 0.3) is 0 Å². The Morgan fingerprint density at radius 2 is 1.84 bits per heavy atom. The molecule has 0 saturated heterocycles. The van der Waals surface area contributed by atoms with Gasteiger partial charge in [0, 0.05) is 9.88 Å². The van der Waals surface area contributed by atoms with Crippen LogP contribution in [0.2, 0.25) is 0 Å². The minimum atomic E-state index is -3.56. The standard InChI is InChI=1S/C11H12BrNO4S2/c1-18(14,15)13(10-4-2-9(12)3-5-10)11-6-7-19(16,17)8-11/h2-7,11H,8H2,1H3. The molecule has 0 N–H and O–H groups in total. The summed E-state index contributed by atoms with van der Waals surface area (Å²) in [6, 6.07) is 5.98. The van der Waals surface area contributed by atoms with Gasteiger partial charge < -0.3 is 0 Å². The van der Waals surface area contributed by atoms with Crippen molar-refractivity contribution >= 4 is 41.5 Å². The Morgan fingerprint density at radius 1 is 1.26 bits per heavy atom. The van der Waals surface area contributed by atoms with Gasteiger partial charge in [0.1, 0.15) is 0 Å². The molecular formula is C11H12BrNO4S2. The van der Waals surface area contributed by atoms with Crippen molar-refractivity contribution in [1.29, 1.82) is 0 Å². The highest BCUT2D eigenvalue weighted by molar-refractivity contribution is 9.10. The lowest BCUT2D eigenvalue weighted by Crippen LogP contribution is -2.40. The van der Waals surface area contributed by atoms with Gasteiger partial charge in [-0.25, -0.2) is 16.8 Å². The Bertz CT molecular complexity index is 708. The molecule has 0 fully saturated rings. The van der Waals surface area contributed by atoms with E-state index in [4.69, 9.17) is 0 Å². The fraction of sp³-hybridized carbons (Fsp3) is 0.273. The number of benzene rings is 1. The van der Waals surface area contributed by atoms with Gasteiger partial charge in [-0.1, -0.05) is 15.9 Å². The smallest absolute Gasteiger partial charge is 0.232 e. The summed E-state index contributed by atoms with van der Waals surface area (Å²) in [7, 11) is -6.87. The van der Waals surface area contributed by atoms with Crippen molar-refractivity contribution in [3.63, 3.8) is 0 Å². The van der Waals surface area contributed by atoms with Crippen LogP contribution in [-0.2, 0) is 19.9 Å². The van der Waals surface area contributed by atoms with Gasteiger partial charge in [0.15, 0.2) is 9.84 Å². The molecule has 5 nitrogen and oxygen atoms in total. The number of sulfonamides is 1. The number of rotatable bonds is 3. The highest BCUT2D eigenvalue weighted by atomic mass is 79.9. The SMILES string of the molecule is CS(=O)(=O)N(c1ccc(Br)cc1)C1C=CS(=O)(=O)C1. The van der Waals surface area contributed by atoms with Gasteiger partial charge in [0.05, 0.1) is 23.7 Å². The highest BCUT2D eigenvalue weighted by Gasteiger charge is 2.32. The number of anilines is 1. The maximum atomic E-state index is 11.9. The van der Waals surface area contributed by atoms with Crippen LogP contribution in [0.15, 0.2) is 40.2 Å². The first-order valence-corrected chi connectivity index (χ1v) is 9.71. The molecule has 0 radical (unpaired) electrons. The fourth-order valence-electron chi connectivity index (χ4n) is 1.92. The highest BCUT2D eigenvalue weighted by Crippen LogP contribution is 2.26. The molecule has 104 valence electrons. The molecule has 0 aliphatic carbocycles. The summed E-state index contributed by atoms with van der Waals surface area (Å²) >= 11 is 3.27. The van der Waals surface area contributed by atoms with Crippen molar-refractivity contribution in [3.8, 4) is 0 Å². The summed E-state index contributed by atoms with van der Waals surface area (Å²) in [6.45, 7) is 0. The summed E-state index contributed by atoms with van der Waals surface area (Å²) in [6.07, 6.45) is 2.46. The Labute approximate surface area is 121 Å². The monoisotopic (exact) mass is 365 g/mol. The number of nitrogens with zero attached hydrogens (tertiary/aromatic N) is 1. The fourth-order valence-corrected chi connectivity index (χ4v) is 4.69. The van der Waals surface area contributed by atoms with E-state index in [1.165, 1.54) is 6.08 Å². The lowest BCUT2D eigenvalue weighted by molar-refractivity contribution is 0.591. The van der Waals surface area contributed by atoms with E-state index < -0.39 is 25.9 Å². The average molecular weight is 366 g/mol. The number of hydrogen-bond donors (Lipinski definition) is 0. The molecule has 0 saturated carbocycles. The van der Waals surface area contributed by atoms with Crippen LogP contribution in [0.1, 0.15) is 0 Å². The van der Waals surface area contributed by atoms with E-state index in [1.54, 1.807) is 24.3 Å². The van der Waals surface area contributed by atoms with Gasteiger partial charge in [0.2, 0.25) is 10.0 Å². The number of halogens is 1. The molecule has 1 aromatic carbocycles. The largest absolute Gasteiger partial charge is 0.263 e. The first-order valence-electron chi connectivity index (χ1n) is 5.35. The van der Waals surface area contributed by atoms with Crippen LogP contribution in [-0.4, -0.2) is 34.9 Å². The minimum Gasteiger partial charge on any atom is -0.263 e. The molecule has 1 heterocycles. The molecule has 19 heavy (non-hydrogen) atoms. The predicted molar refractivity (Wildman–Crippen MR) is 78.2 cm³/mol. The van der Waals surface area contributed by atoms with Gasteiger partial charge >= 0.3 is 0 Å². The van der Waals surface area contributed by atoms with Gasteiger partial charge in [-0.2, -0.15) is 0 Å². The molecule has 1 aliphatic rings. The molecule has 1 unspecified atom stereocenters. The zero-order valence-electron chi connectivity index (χ0n) is 10.0. The summed E-state index contributed by atoms with van der Waals surface area (Å²) < 4.78 is 48.6. The van der Waals surface area contributed by atoms with E-state index >= 15 is 0 Å². The molecule has 2 rings (SSSR count). The minimum absolute atomic E-state index is 0.226. The van der Waals surface area contributed by atoms with E-state index in [-0.39, 0.29) is 5.75 Å². The molecule has 8 heteroatoms. The Morgan fingerprint density at radius 3 is 2.26 bits per heavy atom. The maximum absolute atomic E-state index is 11.9. The second-order valence-corrected chi connectivity index (χ2v) is 8.97. The molecule has 0 spiro atoms. The zero-order valence-corrected chi connectivity index (χ0v) is 13.2. The van der Waals surface area contributed by atoms with Crippen molar-refractivity contribution < 1.29 is 16.8 Å². The first-order chi connectivity index (χ1) is 8.69. The van der Waals surface area contributed by atoms with E-state index in [9.17, 15) is 16.8 Å². The van der Waals surface area contributed by atoms with Crippen LogP contribution in [0, 0.1) is 0 Å². The van der Waals surface area contributed by atoms with Crippen molar-refractivity contribution in [3.05, 3.63) is 40.2 Å². The average Bonchev–Trinajstić information content (AvgIpc) is 2.60. The summed E-state index contributed by atoms with van der Waals surface area (Å²) in [5.41, 5.74) is 0.442. The van der Waals surface area contributed by atoms with Crippen LogP contribution >= 0.6 is 15.9 Å². The van der Waals surface area contributed by atoms with Crippen molar-refractivity contribution in [2.45, 2.75) is 6.04 Å². The van der Waals surface area contributed by atoms with E-state index in [0.717, 1.165) is 20.4 Å². The molecular weight excluding hydrogens is 354 g/mol. The summed E-state index contributed by atoms with van der Waals surface area (Å²) in [5.74, 6) is -0.226. The quantitative estimate of drug-likeness (QED) is 0.813. The third kappa shape index (κ3) is 3.37. The molecule has 0 bridgehead atoms. The van der Waals surface area contributed by atoms with Gasteiger partial charge in [-0.05, 0) is 30.3 Å². The molecule has 0 amide bonds. The van der Waals surface area contributed by atoms with Crippen molar-refractivity contribution in [1.82, 2.24) is 0 Å². The lowest BCUT2D eigenvalue weighted by atomic mass is 10.2. The van der Waals surface area contributed by atoms with Crippen molar-refractivity contribution in [2.24, 2.45) is 0 Å². The van der Waals surface area contributed by atoms with E-state index in [2.05, 4.69) is 15.9 Å². The summed E-state index contributed by atoms with van der Waals surface area (Å²) in [5, 5.41) is 1.06. The Hall–Kier alpha value is -0.860. The van der Waals surface area contributed by atoms with Crippen LogP contribution in [0.5, 0.6) is 0 Å². The zero-order chi connectivity index (χ0) is 14.3. The van der Waals surface area contributed by atoms with Crippen molar-refractivity contribution in [2.75, 3.05) is 16.3 Å². The van der Waals surface area contributed by atoms with Gasteiger partial charge in [-0.15, -0.1) is 0 Å². The first kappa shape index (κ1) is 14.5.